The highest BCUT2D eigenvalue weighted by Crippen LogP contribution is 2.48. The minimum atomic E-state index is 0.715. The lowest BCUT2D eigenvalue weighted by Crippen LogP contribution is -2.37. The van der Waals surface area contributed by atoms with Gasteiger partial charge in [-0.15, -0.1) is 0 Å². The SMILES string of the molecule is CCC1(CNC2CCSC2C)CC1. The second-order valence-corrected chi connectivity index (χ2v) is 6.19. The van der Waals surface area contributed by atoms with Crippen LogP contribution in [0.5, 0.6) is 0 Å². The monoisotopic (exact) mass is 199 g/mol. The maximum absolute atomic E-state index is 3.76. The first kappa shape index (κ1) is 9.85. The summed E-state index contributed by atoms with van der Waals surface area (Å²) in [5.41, 5.74) is 0.715. The topological polar surface area (TPSA) is 12.0 Å². The second kappa shape index (κ2) is 3.82. The third kappa shape index (κ3) is 2.21. The van der Waals surface area contributed by atoms with E-state index < -0.39 is 0 Å². The van der Waals surface area contributed by atoms with Gasteiger partial charge in [-0.1, -0.05) is 13.8 Å². The van der Waals surface area contributed by atoms with Crippen LogP contribution in [0.4, 0.5) is 0 Å². The highest BCUT2D eigenvalue weighted by atomic mass is 32.2. The molecule has 2 fully saturated rings. The molecule has 1 saturated carbocycles. The van der Waals surface area contributed by atoms with Crippen LogP contribution in [0.1, 0.15) is 39.5 Å². The van der Waals surface area contributed by atoms with E-state index in [1.807, 2.05) is 0 Å². The Bertz CT molecular complexity index is 177. The molecule has 2 rings (SSSR count). The molecule has 0 bridgehead atoms. The summed E-state index contributed by atoms with van der Waals surface area (Å²) in [6, 6.07) is 0.800. The van der Waals surface area contributed by atoms with Gasteiger partial charge in [-0.05, 0) is 36.9 Å². The van der Waals surface area contributed by atoms with Crippen molar-refractivity contribution >= 4 is 11.8 Å². The molecule has 0 aromatic carbocycles. The molecule has 2 unspecified atom stereocenters. The van der Waals surface area contributed by atoms with Gasteiger partial charge < -0.3 is 5.32 Å². The largest absolute Gasteiger partial charge is 0.312 e. The van der Waals surface area contributed by atoms with E-state index >= 15 is 0 Å². The van der Waals surface area contributed by atoms with Crippen molar-refractivity contribution < 1.29 is 0 Å². The Kier molecular flexibility index (Phi) is 2.89. The molecule has 0 amide bonds. The smallest absolute Gasteiger partial charge is 0.0191 e. The van der Waals surface area contributed by atoms with Crippen LogP contribution >= 0.6 is 11.8 Å². The van der Waals surface area contributed by atoms with Gasteiger partial charge >= 0.3 is 0 Å². The maximum atomic E-state index is 3.76. The molecule has 1 nitrogen and oxygen atoms in total. The summed E-state index contributed by atoms with van der Waals surface area (Å²) in [5, 5.41) is 4.60. The van der Waals surface area contributed by atoms with Crippen LogP contribution in [0.15, 0.2) is 0 Å². The zero-order valence-electron chi connectivity index (χ0n) is 8.81. The van der Waals surface area contributed by atoms with Crippen LogP contribution < -0.4 is 5.32 Å². The zero-order chi connectivity index (χ0) is 9.31. The Morgan fingerprint density at radius 1 is 1.46 bits per heavy atom. The van der Waals surface area contributed by atoms with E-state index in [1.165, 1.54) is 38.0 Å². The fourth-order valence-corrected chi connectivity index (χ4v) is 3.41. The van der Waals surface area contributed by atoms with E-state index in [0.717, 1.165) is 11.3 Å². The van der Waals surface area contributed by atoms with E-state index in [4.69, 9.17) is 0 Å². The molecule has 0 aromatic rings. The van der Waals surface area contributed by atoms with Crippen molar-refractivity contribution in [3.8, 4) is 0 Å². The molecule has 1 aliphatic heterocycles. The van der Waals surface area contributed by atoms with Crippen molar-refractivity contribution in [3.63, 3.8) is 0 Å². The van der Waals surface area contributed by atoms with Gasteiger partial charge in [-0.25, -0.2) is 0 Å². The van der Waals surface area contributed by atoms with Crippen molar-refractivity contribution in [2.45, 2.75) is 50.8 Å². The highest BCUT2D eigenvalue weighted by Gasteiger charge is 2.41. The number of nitrogens with one attached hydrogen (secondary N) is 1. The summed E-state index contributed by atoms with van der Waals surface area (Å²) in [6.45, 7) is 5.97. The third-order valence-electron chi connectivity index (χ3n) is 3.82. The predicted octanol–water partition coefficient (Wildman–Crippen LogP) is 2.66. The first-order valence-corrected chi connectivity index (χ1v) is 6.66. The maximum Gasteiger partial charge on any atom is 0.0191 e. The molecule has 1 saturated heterocycles. The fraction of sp³-hybridized carbons (Fsp3) is 1.00. The average Bonchev–Trinajstić information content (AvgIpc) is 2.82. The minimum Gasteiger partial charge on any atom is -0.312 e. The van der Waals surface area contributed by atoms with Crippen LogP contribution in [-0.2, 0) is 0 Å². The molecular weight excluding hydrogens is 178 g/mol. The van der Waals surface area contributed by atoms with E-state index in [1.54, 1.807) is 0 Å². The lowest BCUT2D eigenvalue weighted by Gasteiger charge is -2.20. The number of rotatable bonds is 4. The Labute approximate surface area is 86.0 Å². The minimum absolute atomic E-state index is 0.715. The normalized spacial score (nSPS) is 36.5. The zero-order valence-corrected chi connectivity index (χ0v) is 9.62. The summed E-state index contributed by atoms with van der Waals surface area (Å²) in [6.07, 6.45) is 5.68. The average molecular weight is 199 g/mol. The third-order valence-corrected chi connectivity index (χ3v) is 5.15. The molecule has 2 aliphatic rings. The molecule has 2 atom stereocenters. The van der Waals surface area contributed by atoms with Gasteiger partial charge in [0, 0.05) is 17.8 Å². The number of thioether (sulfide) groups is 1. The van der Waals surface area contributed by atoms with Gasteiger partial charge in [0.25, 0.3) is 0 Å². The summed E-state index contributed by atoms with van der Waals surface area (Å²) in [5.74, 6) is 1.36. The van der Waals surface area contributed by atoms with Crippen LogP contribution in [0.2, 0.25) is 0 Å². The lowest BCUT2D eigenvalue weighted by atomic mass is 10.0. The van der Waals surface area contributed by atoms with Gasteiger partial charge in [0.15, 0.2) is 0 Å². The molecule has 0 radical (unpaired) electrons. The number of hydrogen-bond acceptors (Lipinski definition) is 2. The summed E-state index contributed by atoms with van der Waals surface area (Å²) in [7, 11) is 0. The highest BCUT2D eigenvalue weighted by molar-refractivity contribution is 8.00. The Morgan fingerprint density at radius 2 is 2.23 bits per heavy atom. The molecule has 0 aromatic heterocycles. The van der Waals surface area contributed by atoms with Crippen molar-refractivity contribution in [1.82, 2.24) is 5.32 Å². The van der Waals surface area contributed by atoms with Crippen molar-refractivity contribution in [3.05, 3.63) is 0 Å². The van der Waals surface area contributed by atoms with Gasteiger partial charge in [0.05, 0.1) is 0 Å². The van der Waals surface area contributed by atoms with E-state index in [-0.39, 0.29) is 0 Å². The Hall–Kier alpha value is 0.310. The van der Waals surface area contributed by atoms with Crippen LogP contribution in [0.3, 0.4) is 0 Å². The molecule has 1 aliphatic carbocycles. The molecule has 13 heavy (non-hydrogen) atoms. The second-order valence-electron chi connectivity index (χ2n) is 4.71. The van der Waals surface area contributed by atoms with Crippen LogP contribution in [0.25, 0.3) is 0 Å². The summed E-state index contributed by atoms with van der Waals surface area (Å²) < 4.78 is 0. The first-order chi connectivity index (χ1) is 6.26. The van der Waals surface area contributed by atoms with E-state index in [2.05, 4.69) is 30.9 Å². The molecule has 1 heterocycles. The lowest BCUT2D eigenvalue weighted by molar-refractivity contribution is 0.398. The summed E-state index contributed by atoms with van der Waals surface area (Å²) >= 11 is 2.12. The van der Waals surface area contributed by atoms with Gasteiger partial charge in [-0.3, -0.25) is 0 Å². The number of hydrogen-bond donors (Lipinski definition) is 1. The van der Waals surface area contributed by atoms with Gasteiger partial charge in [-0.2, -0.15) is 11.8 Å². The predicted molar refractivity (Wildman–Crippen MR) is 60.3 cm³/mol. The van der Waals surface area contributed by atoms with E-state index in [0.29, 0.717) is 5.41 Å². The quantitative estimate of drug-likeness (QED) is 0.747. The molecule has 0 spiro atoms. The Morgan fingerprint density at radius 3 is 2.69 bits per heavy atom. The van der Waals surface area contributed by atoms with Gasteiger partial charge in [0.2, 0.25) is 0 Å². The fourth-order valence-electron chi connectivity index (χ4n) is 2.18. The van der Waals surface area contributed by atoms with E-state index in [9.17, 15) is 0 Å². The van der Waals surface area contributed by atoms with Crippen molar-refractivity contribution in [2.24, 2.45) is 5.41 Å². The van der Waals surface area contributed by atoms with Crippen LogP contribution in [0, 0.1) is 5.41 Å². The molecule has 76 valence electrons. The first-order valence-electron chi connectivity index (χ1n) is 5.61. The molecule has 1 N–H and O–H groups in total. The van der Waals surface area contributed by atoms with Crippen LogP contribution in [-0.4, -0.2) is 23.6 Å². The summed E-state index contributed by atoms with van der Waals surface area (Å²) in [4.78, 5) is 0. The molecular formula is C11H21NS. The van der Waals surface area contributed by atoms with Crippen molar-refractivity contribution in [2.75, 3.05) is 12.3 Å². The molecule has 2 heteroatoms. The Balaban J connectivity index is 1.73. The van der Waals surface area contributed by atoms with Crippen molar-refractivity contribution in [1.29, 1.82) is 0 Å². The van der Waals surface area contributed by atoms with Gasteiger partial charge in [0.1, 0.15) is 0 Å². The standard InChI is InChI=1S/C11H21NS/c1-3-11(5-6-11)8-12-10-4-7-13-9(10)2/h9-10,12H,3-8H2,1-2H3.